The zero-order valence-corrected chi connectivity index (χ0v) is 16.8. The smallest absolute Gasteiger partial charge is 0.260 e. The lowest BCUT2D eigenvalue weighted by atomic mass is 10.2. The van der Waals surface area contributed by atoms with Crippen molar-refractivity contribution in [2.45, 2.75) is 12.1 Å². The molecule has 0 saturated carbocycles. The van der Waals surface area contributed by atoms with Gasteiger partial charge in [0.2, 0.25) is 5.91 Å². The highest BCUT2D eigenvalue weighted by atomic mass is 32.2. The van der Waals surface area contributed by atoms with Gasteiger partial charge < -0.3 is 10.3 Å². The maximum atomic E-state index is 12.6. The van der Waals surface area contributed by atoms with E-state index in [1.54, 1.807) is 11.3 Å². The number of carbonyl (C=O) groups excluding carboxylic acids is 1. The molecule has 4 aromatic rings. The monoisotopic (exact) mass is 413 g/mol. The highest BCUT2D eigenvalue weighted by molar-refractivity contribution is 7.99. The normalized spacial score (nSPS) is 11.0. The van der Waals surface area contributed by atoms with Crippen LogP contribution < -0.4 is 10.9 Å². The average molecular weight is 414 g/mol. The number of rotatable bonds is 5. The summed E-state index contributed by atoms with van der Waals surface area (Å²) < 4.78 is 0. The van der Waals surface area contributed by atoms with E-state index < -0.39 is 0 Å². The first-order chi connectivity index (χ1) is 13.1. The SMILES string of the molecule is Cc1cccc(NC(=O)CSc2nc3scc(-c4cccs4)c3c(=O)[nH]2)c1. The van der Waals surface area contributed by atoms with Gasteiger partial charge in [0, 0.05) is 21.5 Å². The van der Waals surface area contributed by atoms with Gasteiger partial charge in [-0.1, -0.05) is 30.0 Å². The summed E-state index contributed by atoms with van der Waals surface area (Å²) in [6.07, 6.45) is 0. The molecule has 0 bridgehead atoms. The number of fused-ring (bicyclic) bond motifs is 1. The number of benzene rings is 1. The molecule has 0 atom stereocenters. The third kappa shape index (κ3) is 3.97. The minimum absolute atomic E-state index is 0.140. The lowest BCUT2D eigenvalue weighted by Gasteiger charge is -2.05. The van der Waals surface area contributed by atoms with Crippen molar-refractivity contribution in [1.82, 2.24) is 9.97 Å². The zero-order valence-electron chi connectivity index (χ0n) is 14.3. The number of anilines is 1. The quantitative estimate of drug-likeness (QED) is 0.366. The highest BCUT2D eigenvalue weighted by Gasteiger charge is 2.14. The molecule has 1 amide bonds. The van der Waals surface area contributed by atoms with Gasteiger partial charge in [-0.15, -0.1) is 22.7 Å². The second kappa shape index (κ2) is 7.67. The molecule has 4 rings (SSSR count). The summed E-state index contributed by atoms with van der Waals surface area (Å²) in [7, 11) is 0. The molecule has 0 aliphatic heterocycles. The Balaban J connectivity index is 1.50. The van der Waals surface area contributed by atoms with Crippen LogP contribution >= 0.6 is 34.4 Å². The molecular weight excluding hydrogens is 398 g/mol. The van der Waals surface area contributed by atoms with E-state index in [9.17, 15) is 9.59 Å². The Labute approximate surface area is 167 Å². The van der Waals surface area contributed by atoms with Gasteiger partial charge in [-0.05, 0) is 36.1 Å². The first kappa shape index (κ1) is 18.0. The molecule has 27 heavy (non-hydrogen) atoms. The molecule has 0 radical (unpaired) electrons. The number of amides is 1. The Hall–Kier alpha value is -2.42. The van der Waals surface area contributed by atoms with Crippen molar-refractivity contribution < 1.29 is 4.79 Å². The Morgan fingerprint density at radius 2 is 2.15 bits per heavy atom. The zero-order chi connectivity index (χ0) is 18.8. The van der Waals surface area contributed by atoms with Crippen molar-refractivity contribution in [1.29, 1.82) is 0 Å². The van der Waals surface area contributed by atoms with Crippen molar-refractivity contribution in [2.75, 3.05) is 11.1 Å². The van der Waals surface area contributed by atoms with Crippen LogP contribution in [0.3, 0.4) is 0 Å². The molecule has 3 aromatic heterocycles. The van der Waals surface area contributed by atoms with Crippen LogP contribution in [0.25, 0.3) is 20.7 Å². The van der Waals surface area contributed by atoms with Crippen LogP contribution in [-0.4, -0.2) is 21.6 Å². The number of aryl methyl sites for hydroxylation is 1. The van der Waals surface area contributed by atoms with Crippen LogP contribution in [0.5, 0.6) is 0 Å². The molecule has 0 unspecified atom stereocenters. The molecule has 0 aliphatic carbocycles. The summed E-state index contributed by atoms with van der Waals surface area (Å²) >= 11 is 4.25. The highest BCUT2D eigenvalue weighted by Crippen LogP contribution is 2.34. The predicted octanol–water partition coefficient (Wildman–Crippen LogP) is 4.75. The van der Waals surface area contributed by atoms with E-state index in [-0.39, 0.29) is 17.2 Å². The minimum Gasteiger partial charge on any atom is -0.325 e. The van der Waals surface area contributed by atoms with E-state index in [0.29, 0.717) is 15.4 Å². The fraction of sp³-hybridized carbons (Fsp3) is 0.105. The number of thiophene rings is 2. The standard InChI is InChI=1S/C19H15N3O2S3/c1-11-4-2-5-12(8-11)20-15(23)10-27-19-21-17(24)16-13(9-26-18(16)22-19)14-6-3-7-25-14/h2-9H,10H2,1H3,(H,20,23)(H,21,22,24). The fourth-order valence-corrected chi connectivity index (χ4v) is 5.15. The third-order valence-electron chi connectivity index (χ3n) is 3.85. The summed E-state index contributed by atoms with van der Waals surface area (Å²) in [6, 6.07) is 11.6. The summed E-state index contributed by atoms with van der Waals surface area (Å²) in [6.45, 7) is 1.97. The molecular formula is C19H15N3O2S3. The number of aromatic amines is 1. The van der Waals surface area contributed by atoms with Gasteiger partial charge in [0.05, 0.1) is 11.1 Å². The van der Waals surface area contributed by atoms with Gasteiger partial charge in [-0.2, -0.15) is 0 Å². The molecule has 3 heterocycles. The summed E-state index contributed by atoms with van der Waals surface area (Å²) in [4.78, 5) is 33.7. The summed E-state index contributed by atoms with van der Waals surface area (Å²) in [5, 5.41) is 7.85. The molecule has 0 spiro atoms. The van der Waals surface area contributed by atoms with Gasteiger partial charge in [0.25, 0.3) is 5.56 Å². The van der Waals surface area contributed by atoms with Crippen molar-refractivity contribution in [3.05, 3.63) is 63.1 Å². The lowest BCUT2D eigenvalue weighted by Crippen LogP contribution is -2.15. The van der Waals surface area contributed by atoms with Crippen LogP contribution in [0.1, 0.15) is 5.56 Å². The van der Waals surface area contributed by atoms with E-state index in [1.165, 1.54) is 23.1 Å². The Morgan fingerprint density at radius 1 is 1.26 bits per heavy atom. The number of nitrogens with zero attached hydrogens (tertiary/aromatic N) is 1. The third-order valence-corrected chi connectivity index (χ3v) is 6.50. The largest absolute Gasteiger partial charge is 0.325 e. The van der Waals surface area contributed by atoms with Crippen molar-refractivity contribution in [2.24, 2.45) is 0 Å². The minimum atomic E-state index is -0.175. The topological polar surface area (TPSA) is 74.8 Å². The molecule has 2 N–H and O–H groups in total. The molecule has 8 heteroatoms. The van der Waals surface area contributed by atoms with Crippen LogP contribution in [0, 0.1) is 6.92 Å². The summed E-state index contributed by atoms with van der Waals surface area (Å²) in [5.74, 6) is 0.0322. The maximum absolute atomic E-state index is 12.6. The van der Waals surface area contributed by atoms with Gasteiger partial charge in [0.1, 0.15) is 4.83 Å². The summed E-state index contributed by atoms with van der Waals surface area (Å²) in [5.41, 5.74) is 2.58. The first-order valence-corrected chi connectivity index (χ1v) is 10.9. The number of hydrogen-bond donors (Lipinski definition) is 2. The second-order valence-electron chi connectivity index (χ2n) is 5.88. The molecule has 136 valence electrons. The van der Waals surface area contributed by atoms with Crippen LogP contribution in [0.4, 0.5) is 5.69 Å². The first-order valence-electron chi connectivity index (χ1n) is 8.15. The maximum Gasteiger partial charge on any atom is 0.260 e. The molecule has 5 nitrogen and oxygen atoms in total. The number of hydrogen-bond acceptors (Lipinski definition) is 6. The van der Waals surface area contributed by atoms with Crippen LogP contribution in [0.2, 0.25) is 0 Å². The fourth-order valence-electron chi connectivity index (χ4n) is 2.66. The Kier molecular flexibility index (Phi) is 5.11. The van der Waals surface area contributed by atoms with E-state index in [2.05, 4.69) is 15.3 Å². The number of carbonyl (C=O) groups is 1. The number of H-pyrrole nitrogens is 1. The van der Waals surface area contributed by atoms with Gasteiger partial charge >= 0.3 is 0 Å². The molecule has 1 aromatic carbocycles. The van der Waals surface area contributed by atoms with E-state index in [4.69, 9.17) is 0 Å². The van der Waals surface area contributed by atoms with E-state index in [0.717, 1.165) is 21.7 Å². The van der Waals surface area contributed by atoms with Gasteiger partial charge in [-0.3, -0.25) is 9.59 Å². The second-order valence-corrected chi connectivity index (χ2v) is 8.65. The van der Waals surface area contributed by atoms with Crippen LogP contribution in [0.15, 0.2) is 57.1 Å². The number of nitrogens with one attached hydrogen (secondary N) is 2. The average Bonchev–Trinajstić information content (AvgIpc) is 3.29. The number of aromatic nitrogens is 2. The predicted molar refractivity (Wildman–Crippen MR) is 114 cm³/mol. The Bertz CT molecular complexity index is 1160. The lowest BCUT2D eigenvalue weighted by molar-refractivity contribution is -0.113. The van der Waals surface area contributed by atoms with E-state index >= 15 is 0 Å². The molecule has 0 aliphatic rings. The Morgan fingerprint density at radius 3 is 2.93 bits per heavy atom. The van der Waals surface area contributed by atoms with Crippen molar-refractivity contribution in [3.63, 3.8) is 0 Å². The van der Waals surface area contributed by atoms with Gasteiger partial charge in [0.15, 0.2) is 5.16 Å². The molecule has 0 fully saturated rings. The molecule has 0 saturated heterocycles. The van der Waals surface area contributed by atoms with Gasteiger partial charge in [-0.25, -0.2) is 4.98 Å². The van der Waals surface area contributed by atoms with Crippen LogP contribution in [-0.2, 0) is 4.79 Å². The number of thioether (sulfide) groups is 1. The van der Waals surface area contributed by atoms with Crippen molar-refractivity contribution in [3.8, 4) is 10.4 Å². The van der Waals surface area contributed by atoms with Crippen molar-refractivity contribution >= 4 is 56.2 Å². The van der Waals surface area contributed by atoms with E-state index in [1.807, 2.05) is 54.1 Å².